The molecule has 0 aromatic carbocycles. The zero-order chi connectivity index (χ0) is 10.2. The van der Waals surface area contributed by atoms with Gasteiger partial charge in [-0.15, -0.1) is 0 Å². The molecule has 1 aromatic heterocycles. The Bertz CT molecular complexity index is 379. The number of aromatic nitrogens is 2. The Morgan fingerprint density at radius 1 is 1.36 bits per heavy atom. The van der Waals surface area contributed by atoms with Gasteiger partial charge in [0.1, 0.15) is 5.82 Å². The molecule has 72 valence electrons. The summed E-state index contributed by atoms with van der Waals surface area (Å²) in [6.07, 6.45) is 3.02. The average molecular weight is 187 g/mol. The lowest BCUT2D eigenvalue weighted by Crippen LogP contribution is -2.33. The summed E-state index contributed by atoms with van der Waals surface area (Å²) in [4.78, 5) is 8.59. The third-order valence-corrected chi connectivity index (χ3v) is 2.88. The Hall–Kier alpha value is -1.43. The van der Waals surface area contributed by atoms with Crippen LogP contribution in [0.1, 0.15) is 36.5 Å². The summed E-state index contributed by atoms with van der Waals surface area (Å²) in [6, 6.07) is 4.34. The number of aryl methyl sites for hydroxylation is 2. The van der Waals surface area contributed by atoms with Crippen molar-refractivity contribution in [2.24, 2.45) is 0 Å². The fourth-order valence-corrected chi connectivity index (χ4v) is 1.92. The second kappa shape index (κ2) is 3.06. The highest BCUT2D eigenvalue weighted by Crippen LogP contribution is 2.42. The molecule has 0 saturated heterocycles. The Balaban J connectivity index is 2.46. The number of hydrogen-bond donors (Lipinski definition) is 0. The first-order chi connectivity index (χ1) is 6.66. The van der Waals surface area contributed by atoms with E-state index in [0.717, 1.165) is 36.5 Å². The summed E-state index contributed by atoms with van der Waals surface area (Å²) >= 11 is 0. The Kier molecular flexibility index (Phi) is 1.99. The van der Waals surface area contributed by atoms with Crippen molar-refractivity contribution in [2.75, 3.05) is 0 Å². The van der Waals surface area contributed by atoms with Crippen LogP contribution >= 0.6 is 0 Å². The van der Waals surface area contributed by atoms with Gasteiger partial charge >= 0.3 is 0 Å². The molecule has 0 N–H and O–H groups in total. The SMILES string of the molecule is Cc1cc(C2(C#N)CCC2)nc(C)n1. The van der Waals surface area contributed by atoms with Gasteiger partial charge in [-0.2, -0.15) is 5.26 Å². The van der Waals surface area contributed by atoms with Crippen molar-refractivity contribution >= 4 is 0 Å². The molecule has 0 amide bonds. The molecule has 0 aliphatic heterocycles. The molecular weight excluding hydrogens is 174 g/mol. The van der Waals surface area contributed by atoms with Gasteiger partial charge in [0.05, 0.1) is 17.2 Å². The standard InChI is InChI=1S/C11H13N3/c1-8-6-10(14-9(2)13-8)11(7-12)4-3-5-11/h6H,3-5H2,1-2H3. The molecule has 3 nitrogen and oxygen atoms in total. The van der Waals surface area contributed by atoms with Crippen LogP contribution in [0.15, 0.2) is 6.07 Å². The van der Waals surface area contributed by atoms with Crippen molar-refractivity contribution < 1.29 is 0 Å². The van der Waals surface area contributed by atoms with Gasteiger partial charge in [-0.1, -0.05) is 0 Å². The second-order valence-electron chi connectivity index (χ2n) is 3.99. The lowest BCUT2D eigenvalue weighted by atomic mass is 9.67. The van der Waals surface area contributed by atoms with Crippen molar-refractivity contribution in [3.05, 3.63) is 23.3 Å². The van der Waals surface area contributed by atoms with Gasteiger partial charge in [0.25, 0.3) is 0 Å². The van der Waals surface area contributed by atoms with Crippen LogP contribution in [-0.2, 0) is 5.41 Å². The molecule has 1 aliphatic rings. The van der Waals surface area contributed by atoms with Crippen molar-refractivity contribution in [3.8, 4) is 6.07 Å². The van der Waals surface area contributed by atoms with Gasteiger partial charge in [0.15, 0.2) is 0 Å². The first-order valence-corrected chi connectivity index (χ1v) is 4.90. The lowest BCUT2D eigenvalue weighted by molar-refractivity contribution is 0.315. The van der Waals surface area contributed by atoms with Crippen LogP contribution in [-0.4, -0.2) is 9.97 Å². The number of rotatable bonds is 1. The van der Waals surface area contributed by atoms with E-state index in [-0.39, 0.29) is 5.41 Å². The van der Waals surface area contributed by atoms with Gasteiger partial charge in [-0.3, -0.25) is 0 Å². The van der Waals surface area contributed by atoms with Crippen LogP contribution in [0.2, 0.25) is 0 Å². The van der Waals surface area contributed by atoms with Crippen LogP contribution in [0.25, 0.3) is 0 Å². The summed E-state index contributed by atoms with van der Waals surface area (Å²) in [5.41, 5.74) is 1.56. The predicted octanol–water partition coefficient (Wildman–Crippen LogP) is 2.04. The highest BCUT2D eigenvalue weighted by Gasteiger charge is 2.40. The van der Waals surface area contributed by atoms with E-state index in [1.165, 1.54) is 0 Å². The molecule has 1 fully saturated rings. The highest BCUT2D eigenvalue weighted by atomic mass is 14.9. The minimum atomic E-state index is -0.307. The Labute approximate surface area is 83.8 Å². The minimum Gasteiger partial charge on any atom is -0.239 e. The van der Waals surface area contributed by atoms with Crippen molar-refractivity contribution in [1.82, 2.24) is 9.97 Å². The number of nitriles is 1. The van der Waals surface area contributed by atoms with Crippen LogP contribution in [0.3, 0.4) is 0 Å². The van der Waals surface area contributed by atoms with Gasteiger partial charge in [0.2, 0.25) is 0 Å². The number of hydrogen-bond acceptors (Lipinski definition) is 3. The molecule has 1 saturated carbocycles. The maximum absolute atomic E-state index is 9.16. The molecule has 0 spiro atoms. The topological polar surface area (TPSA) is 49.6 Å². The predicted molar refractivity (Wildman–Crippen MR) is 52.6 cm³/mol. The molecule has 0 unspecified atom stereocenters. The first-order valence-electron chi connectivity index (χ1n) is 4.90. The second-order valence-corrected chi connectivity index (χ2v) is 3.99. The van der Waals surface area contributed by atoms with Crippen LogP contribution in [0.5, 0.6) is 0 Å². The van der Waals surface area contributed by atoms with E-state index < -0.39 is 0 Å². The monoisotopic (exact) mass is 187 g/mol. The molecule has 0 bridgehead atoms. The molecule has 14 heavy (non-hydrogen) atoms. The number of nitrogens with zero attached hydrogens (tertiary/aromatic N) is 3. The van der Waals surface area contributed by atoms with Gasteiger partial charge in [0, 0.05) is 5.69 Å². The van der Waals surface area contributed by atoms with Crippen molar-refractivity contribution in [3.63, 3.8) is 0 Å². The molecular formula is C11H13N3. The van der Waals surface area contributed by atoms with Crippen LogP contribution in [0.4, 0.5) is 0 Å². The normalized spacial score (nSPS) is 18.4. The maximum atomic E-state index is 9.16. The lowest BCUT2D eigenvalue weighted by Gasteiger charge is -2.34. The largest absolute Gasteiger partial charge is 0.239 e. The summed E-state index contributed by atoms with van der Waals surface area (Å²) in [5.74, 6) is 0.765. The Morgan fingerprint density at radius 3 is 2.50 bits per heavy atom. The molecule has 3 heteroatoms. The summed E-state index contributed by atoms with van der Waals surface area (Å²) in [5, 5.41) is 9.16. The van der Waals surface area contributed by atoms with Crippen molar-refractivity contribution in [1.29, 1.82) is 5.26 Å². The van der Waals surface area contributed by atoms with E-state index in [1.807, 2.05) is 19.9 Å². The van der Waals surface area contributed by atoms with E-state index in [4.69, 9.17) is 5.26 Å². The summed E-state index contributed by atoms with van der Waals surface area (Å²) < 4.78 is 0. The van der Waals surface area contributed by atoms with Crippen LogP contribution < -0.4 is 0 Å². The summed E-state index contributed by atoms with van der Waals surface area (Å²) in [6.45, 7) is 3.82. The zero-order valence-electron chi connectivity index (χ0n) is 8.54. The van der Waals surface area contributed by atoms with Crippen molar-refractivity contribution in [2.45, 2.75) is 38.5 Å². The molecule has 0 atom stereocenters. The van der Waals surface area contributed by atoms with Crippen LogP contribution in [0, 0.1) is 25.2 Å². The third-order valence-electron chi connectivity index (χ3n) is 2.88. The molecule has 1 aromatic rings. The minimum absolute atomic E-state index is 0.307. The first kappa shape index (κ1) is 9.14. The van der Waals surface area contributed by atoms with Gasteiger partial charge in [-0.05, 0) is 39.2 Å². The molecule has 1 aliphatic carbocycles. The van der Waals surface area contributed by atoms with E-state index in [2.05, 4.69) is 16.0 Å². The smallest absolute Gasteiger partial charge is 0.125 e. The third kappa shape index (κ3) is 1.27. The van der Waals surface area contributed by atoms with E-state index in [9.17, 15) is 0 Å². The van der Waals surface area contributed by atoms with Gasteiger partial charge < -0.3 is 0 Å². The molecule has 1 heterocycles. The molecule has 0 radical (unpaired) electrons. The van der Waals surface area contributed by atoms with E-state index in [0.29, 0.717) is 0 Å². The quantitative estimate of drug-likeness (QED) is 0.676. The van der Waals surface area contributed by atoms with E-state index >= 15 is 0 Å². The average Bonchev–Trinajstić information content (AvgIpc) is 2.01. The Morgan fingerprint density at radius 2 is 2.07 bits per heavy atom. The maximum Gasteiger partial charge on any atom is 0.125 e. The van der Waals surface area contributed by atoms with Gasteiger partial charge in [-0.25, -0.2) is 9.97 Å². The molecule has 2 rings (SSSR count). The fraction of sp³-hybridized carbons (Fsp3) is 0.545. The highest BCUT2D eigenvalue weighted by molar-refractivity contribution is 5.30. The fourth-order valence-electron chi connectivity index (χ4n) is 1.92. The summed E-state index contributed by atoms with van der Waals surface area (Å²) in [7, 11) is 0. The zero-order valence-corrected chi connectivity index (χ0v) is 8.54. The van der Waals surface area contributed by atoms with E-state index in [1.54, 1.807) is 0 Å².